The van der Waals surface area contributed by atoms with E-state index in [9.17, 15) is 40.9 Å². The Balaban J connectivity index is 1.11. The Kier molecular flexibility index (Phi) is 12.7. The number of methoxy groups -OCH3 is 2. The highest BCUT2D eigenvalue weighted by Crippen LogP contribution is 2.70. The van der Waals surface area contributed by atoms with Crippen LogP contribution in [-0.2, 0) is 28.4 Å². The Hall–Kier alpha value is -0.560. The van der Waals surface area contributed by atoms with E-state index in [1.165, 1.54) is 14.2 Å². The normalized spacial score (nSPS) is 52.3. The second-order valence-corrected chi connectivity index (χ2v) is 18.3. The molecule has 14 unspecified atom stereocenters. The van der Waals surface area contributed by atoms with Gasteiger partial charge < -0.3 is 69.3 Å². The van der Waals surface area contributed by atoms with Crippen LogP contribution in [0, 0.1) is 52.3 Å². The van der Waals surface area contributed by atoms with Crippen LogP contribution >= 0.6 is 0 Å². The third kappa shape index (κ3) is 7.06. The fourth-order valence-corrected chi connectivity index (χ4v) is 12.5. The molecular formula is C39H68O14. The van der Waals surface area contributed by atoms with Gasteiger partial charge in [-0.1, -0.05) is 34.6 Å². The van der Waals surface area contributed by atoms with Gasteiger partial charge in [0.15, 0.2) is 18.9 Å². The van der Waals surface area contributed by atoms with Gasteiger partial charge in [0, 0.05) is 20.1 Å². The zero-order valence-electron chi connectivity index (χ0n) is 32.6. The molecule has 6 fully saturated rings. The van der Waals surface area contributed by atoms with Crippen LogP contribution in [0.4, 0.5) is 0 Å². The Morgan fingerprint density at radius 3 is 2.06 bits per heavy atom. The van der Waals surface area contributed by atoms with Crippen LogP contribution in [0.2, 0.25) is 0 Å². The molecule has 2 aliphatic heterocycles. The number of rotatable bonds is 13. The number of fused-ring (bicyclic) bond motifs is 5. The molecule has 4 aliphatic carbocycles. The van der Waals surface area contributed by atoms with Gasteiger partial charge in [0.05, 0.1) is 43.2 Å². The zero-order chi connectivity index (χ0) is 38.8. The molecule has 8 N–H and O–H groups in total. The first-order valence-corrected chi connectivity index (χ1v) is 20.0. The van der Waals surface area contributed by atoms with E-state index in [-0.39, 0.29) is 47.5 Å². The molecule has 53 heavy (non-hydrogen) atoms. The minimum atomic E-state index is -1.23. The highest BCUT2D eigenvalue weighted by atomic mass is 16.8. The summed E-state index contributed by atoms with van der Waals surface area (Å²) in [5.74, 6) is -0.739. The summed E-state index contributed by atoms with van der Waals surface area (Å²) in [5.41, 5.74) is -2.05. The molecule has 2 saturated heterocycles. The molecule has 2 heterocycles. The van der Waals surface area contributed by atoms with Crippen molar-refractivity contribution in [1.82, 2.24) is 0 Å². The highest BCUT2D eigenvalue weighted by molar-refractivity contribution is 5.21. The summed E-state index contributed by atoms with van der Waals surface area (Å²) in [7, 11) is 2.80. The van der Waals surface area contributed by atoms with E-state index in [2.05, 4.69) is 34.6 Å². The van der Waals surface area contributed by atoms with Gasteiger partial charge in [0.2, 0.25) is 0 Å². The smallest absolute Gasteiger partial charge is 0.190 e. The Labute approximate surface area is 314 Å². The SMILES string of the molecule is COC1OC(OC2C(OCC(CCC(C)C3[C@@H](O)[C@@H](O)C4[C@]3(C)CCC3[C@@]5(C)CC[C@H](O)[C@H](O)C5CC[C@]34O)C(C)C)OC(CO)C2O)C(OC)C1O. The standard InChI is InChI=1S/C39H68O14/c1-18(2)20(17-50-35-32(27(43)23(16-40)51-35)52-36-31(48-6)30(46)34(49-7)53-36)9-8-19(3)25-28(44)29(45)33-38(25,5)14-12-24-37(4)13-11-22(41)26(42)21(37)10-15-39(24,33)47/h18-36,40-47H,8-17H2,1-7H3/t19?,20?,21?,22-,23?,24?,25?,26+,27?,28+,29+,30?,31?,32?,33?,34?,35?,36?,37-,38+,39-/m0/s1. The topological polar surface area (TPSA) is 217 Å². The van der Waals surface area contributed by atoms with Crippen molar-refractivity contribution in [3.8, 4) is 0 Å². The van der Waals surface area contributed by atoms with Gasteiger partial charge in [0.25, 0.3) is 0 Å². The van der Waals surface area contributed by atoms with Gasteiger partial charge in [0.1, 0.15) is 30.5 Å². The van der Waals surface area contributed by atoms with Crippen molar-refractivity contribution in [2.24, 2.45) is 52.3 Å². The molecule has 0 bridgehead atoms. The van der Waals surface area contributed by atoms with Crippen LogP contribution in [0.25, 0.3) is 0 Å². The second-order valence-electron chi connectivity index (χ2n) is 18.3. The highest BCUT2D eigenvalue weighted by Gasteiger charge is 2.72. The number of aliphatic hydroxyl groups is 8. The Morgan fingerprint density at radius 2 is 1.42 bits per heavy atom. The lowest BCUT2D eigenvalue weighted by atomic mass is 9.42. The molecule has 4 saturated carbocycles. The fourth-order valence-electron chi connectivity index (χ4n) is 12.5. The lowest BCUT2D eigenvalue weighted by Gasteiger charge is -2.65. The lowest BCUT2D eigenvalue weighted by molar-refractivity contribution is -0.267. The van der Waals surface area contributed by atoms with E-state index < -0.39 is 97.3 Å². The molecule has 0 aromatic rings. The molecular weight excluding hydrogens is 692 g/mol. The summed E-state index contributed by atoms with van der Waals surface area (Å²) >= 11 is 0. The van der Waals surface area contributed by atoms with Gasteiger partial charge in [-0.05, 0) is 97.7 Å². The molecule has 21 atom stereocenters. The number of hydrogen-bond acceptors (Lipinski definition) is 14. The first-order valence-electron chi connectivity index (χ1n) is 20.0. The van der Waals surface area contributed by atoms with Gasteiger partial charge in [-0.15, -0.1) is 0 Å². The monoisotopic (exact) mass is 760 g/mol. The molecule has 6 rings (SSSR count). The van der Waals surface area contributed by atoms with Gasteiger partial charge in [-0.2, -0.15) is 0 Å². The van der Waals surface area contributed by atoms with Crippen molar-refractivity contribution in [1.29, 1.82) is 0 Å². The van der Waals surface area contributed by atoms with E-state index in [0.29, 0.717) is 25.7 Å². The average molecular weight is 761 g/mol. The first-order chi connectivity index (χ1) is 25.0. The van der Waals surface area contributed by atoms with E-state index in [1.54, 1.807) is 0 Å². The van der Waals surface area contributed by atoms with Gasteiger partial charge >= 0.3 is 0 Å². The maximum atomic E-state index is 12.6. The van der Waals surface area contributed by atoms with Crippen molar-refractivity contribution in [3.63, 3.8) is 0 Å². The van der Waals surface area contributed by atoms with E-state index in [1.807, 2.05) is 0 Å². The lowest BCUT2D eigenvalue weighted by Crippen LogP contribution is -2.67. The maximum Gasteiger partial charge on any atom is 0.190 e. The van der Waals surface area contributed by atoms with Crippen molar-refractivity contribution in [2.75, 3.05) is 27.4 Å². The van der Waals surface area contributed by atoms with Crippen LogP contribution < -0.4 is 0 Å². The number of hydrogen-bond donors (Lipinski definition) is 8. The largest absolute Gasteiger partial charge is 0.394 e. The van der Waals surface area contributed by atoms with Crippen molar-refractivity contribution >= 4 is 0 Å². The van der Waals surface area contributed by atoms with E-state index in [0.717, 1.165) is 25.7 Å². The molecule has 14 heteroatoms. The van der Waals surface area contributed by atoms with Crippen molar-refractivity contribution < 1.29 is 69.3 Å². The molecule has 14 nitrogen and oxygen atoms in total. The molecule has 0 amide bonds. The summed E-state index contributed by atoms with van der Waals surface area (Å²) in [6.45, 7) is 10.4. The third-order valence-corrected chi connectivity index (χ3v) is 15.4. The summed E-state index contributed by atoms with van der Waals surface area (Å²) in [6.07, 6.45) is -6.84. The van der Waals surface area contributed by atoms with Crippen molar-refractivity contribution in [3.05, 3.63) is 0 Å². The third-order valence-electron chi connectivity index (χ3n) is 15.4. The van der Waals surface area contributed by atoms with E-state index >= 15 is 0 Å². The zero-order valence-corrected chi connectivity index (χ0v) is 32.6. The number of aliphatic hydroxyl groups excluding tert-OH is 7. The molecule has 0 aromatic carbocycles. The Morgan fingerprint density at radius 1 is 0.717 bits per heavy atom. The second kappa shape index (κ2) is 16.0. The molecule has 0 radical (unpaired) electrons. The van der Waals surface area contributed by atoms with E-state index in [4.69, 9.17) is 28.4 Å². The van der Waals surface area contributed by atoms with Gasteiger partial charge in [-0.3, -0.25) is 0 Å². The van der Waals surface area contributed by atoms with Crippen LogP contribution in [0.1, 0.15) is 86.0 Å². The summed E-state index contributed by atoms with van der Waals surface area (Å²) in [5, 5.41) is 89.0. The molecule has 6 aliphatic rings. The minimum absolute atomic E-state index is 0.0136. The van der Waals surface area contributed by atoms with Crippen LogP contribution in [0.15, 0.2) is 0 Å². The van der Waals surface area contributed by atoms with Gasteiger partial charge in [-0.25, -0.2) is 0 Å². The van der Waals surface area contributed by atoms with Crippen LogP contribution in [-0.4, -0.2) is 148 Å². The summed E-state index contributed by atoms with van der Waals surface area (Å²) in [6, 6.07) is 0. The predicted molar refractivity (Wildman–Crippen MR) is 189 cm³/mol. The molecule has 308 valence electrons. The first kappa shape index (κ1) is 42.1. The maximum absolute atomic E-state index is 12.6. The molecule has 0 aromatic heterocycles. The van der Waals surface area contributed by atoms with Crippen LogP contribution in [0.5, 0.6) is 0 Å². The van der Waals surface area contributed by atoms with Crippen LogP contribution in [0.3, 0.4) is 0 Å². The fraction of sp³-hybridized carbons (Fsp3) is 1.00. The summed E-state index contributed by atoms with van der Waals surface area (Å²) < 4.78 is 34.5. The summed E-state index contributed by atoms with van der Waals surface area (Å²) in [4.78, 5) is 0. The molecule has 0 spiro atoms. The minimum Gasteiger partial charge on any atom is -0.394 e. The quantitative estimate of drug-likeness (QED) is 0.131. The average Bonchev–Trinajstić information content (AvgIpc) is 3.66. The number of ether oxygens (including phenoxy) is 6. The predicted octanol–water partition coefficient (Wildman–Crippen LogP) is 0.907. The Bertz CT molecular complexity index is 1230. The van der Waals surface area contributed by atoms with Crippen molar-refractivity contribution in [2.45, 2.75) is 165 Å².